The molecule has 1 fully saturated rings. The van der Waals surface area contributed by atoms with E-state index < -0.39 is 0 Å². The van der Waals surface area contributed by atoms with Crippen molar-refractivity contribution in [2.24, 2.45) is 0 Å². The summed E-state index contributed by atoms with van der Waals surface area (Å²) in [6, 6.07) is 5.72. The molecule has 0 radical (unpaired) electrons. The minimum Gasteiger partial charge on any atom is -0.483 e. The highest BCUT2D eigenvalue weighted by atomic mass is 16.5. The second kappa shape index (κ2) is 5.21. The van der Waals surface area contributed by atoms with Crippen LogP contribution in [0.15, 0.2) is 18.2 Å². The fourth-order valence-corrected chi connectivity index (χ4v) is 1.87. The first-order valence-electron chi connectivity index (χ1n) is 6.06. The summed E-state index contributed by atoms with van der Waals surface area (Å²) in [6.07, 6.45) is 2.90. The van der Waals surface area contributed by atoms with Crippen molar-refractivity contribution < 1.29 is 14.3 Å². The molecule has 0 spiro atoms. The monoisotopic (exact) mass is 247 g/mol. The third kappa shape index (κ3) is 2.70. The van der Waals surface area contributed by atoms with Crippen LogP contribution in [0, 0.1) is 6.92 Å². The van der Waals surface area contributed by atoms with Gasteiger partial charge in [0.05, 0.1) is 5.56 Å². The lowest BCUT2D eigenvalue weighted by molar-refractivity contribution is -0.132. The Bertz CT molecular complexity index is 466. The number of para-hydroxylation sites is 1. The third-order valence-corrected chi connectivity index (χ3v) is 3.20. The quantitative estimate of drug-likeness (QED) is 0.745. The van der Waals surface area contributed by atoms with E-state index in [4.69, 9.17) is 4.74 Å². The van der Waals surface area contributed by atoms with Crippen LogP contribution in [-0.4, -0.2) is 36.8 Å². The zero-order valence-electron chi connectivity index (χ0n) is 10.7. The number of aryl methyl sites for hydroxylation is 1. The van der Waals surface area contributed by atoms with Gasteiger partial charge in [-0.15, -0.1) is 0 Å². The Hall–Kier alpha value is -1.84. The predicted molar refractivity (Wildman–Crippen MR) is 67.9 cm³/mol. The Morgan fingerprint density at radius 3 is 2.83 bits per heavy atom. The van der Waals surface area contributed by atoms with Gasteiger partial charge in [0.15, 0.2) is 12.9 Å². The van der Waals surface area contributed by atoms with Crippen molar-refractivity contribution in [2.45, 2.75) is 25.8 Å². The highest BCUT2D eigenvalue weighted by Crippen LogP contribution is 2.26. The number of nitrogens with zero attached hydrogens (tertiary/aromatic N) is 1. The zero-order chi connectivity index (χ0) is 13.1. The lowest BCUT2D eigenvalue weighted by Gasteiger charge is -2.17. The number of amides is 1. The van der Waals surface area contributed by atoms with Crippen LogP contribution in [0.25, 0.3) is 0 Å². The van der Waals surface area contributed by atoms with Crippen molar-refractivity contribution in [3.63, 3.8) is 0 Å². The third-order valence-electron chi connectivity index (χ3n) is 3.20. The Morgan fingerprint density at radius 1 is 1.50 bits per heavy atom. The molecule has 1 aliphatic rings. The molecule has 2 rings (SSSR count). The topological polar surface area (TPSA) is 46.6 Å². The number of hydrogen-bond acceptors (Lipinski definition) is 3. The first-order chi connectivity index (χ1) is 8.63. The molecule has 1 aromatic carbocycles. The van der Waals surface area contributed by atoms with Gasteiger partial charge in [-0.1, -0.05) is 12.1 Å². The van der Waals surface area contributed by atoms with E-state index >= 15 is 0 Å². The molecule has 0 aromatic heterocycles. The first-order valence-corrected chi connectivity index (χ1v) is 6.06. The molecule has 1 aliphatic carbocycles. The molecule has 0 bridgehead atoms. The molecule has 0 saturated heterocycles. The molecule has 4 nitrogen and oxygen atoms in total. The van der Waals surface area contributed by atoms with E-state index in [0.717, 1.165) is 24.7 Å². The van der Waals surface area contributed by atoms with E-state index in [-0.39, 0.29) is 12.5 Å². The lowest BCUT2D eigenvalue weighted by Crippen LogP contribution is -2.33. The van der Waals surface area contributed by atoms with Crippen LogP contribution in [0.2, 0.25) is 0 Å². The maximum atomic E-state index is 11.8. The van der Waals surface area contributed by atoms with Crippen LogP contribution >= 0.6 is 0 Å². The van der Waals surface area contributed by atoms with Crippen LogP contribution in [-0.2, 0) is 4.79 Å². The number of aldehydes is 1. The summed E-state index contributed by atoms with van der Waals surface area (Å²) in [4.78, 5) is 24.4. The number of ether oxygens (including phenoxy) is 1. The molecular weight excluding hydrogens is 230 g/mol. The Kier molecular flexibility index (Phi) is 3.65. The van der Waals surface area contributed by atoms with Gasteiger partial charge in [-0.05, 0) is 31.4 Å². The van der Waals surface area contributed by atoms with Gasteiger partial charge in [0.25, 0.3) is 5.91 Å². The zero-order valence-corrected chi connectivity index (χ0v) is 10.7. The second-order valence-electron chi connectivity index (χ2n) is 4.64. The Labute approximate surface area is 107 Å². The largest absolute Gasteiger partial charge is 0.483 e. The van der Waals surface area contributed by atoms with Gasteiger partial charge in [-0.25, -0.2) is 0 Å². The Morgan fingerprint density at radius 2 is 2.22 bits per heavy atom. The molecule has 1 aromatic rings. The standard InChI is InChI=1S/C14H17NO3/c1-10-4-3-5-11(8-16)14(10)18-9-13(17)15(2)12-6-7-12/h3-5,8,12H,6-7,9H2,1-2H3. The number of hydrogen-bond donors (Lipinski definition) is 0. The molecule has 0 aliphatic heterocycles. The summed E-state index contributed by atoms with van der Waals surface area (Å²) in [5.41, 5.74) is 1.35. The molecule has 0 atom stereocenters. The van der Waals surface area contributed by atoms with Crippen molar-refractivity contribution in [3.05, 3.63) is 29.3 Å². The summed E-state index contributed by atoms with van der Waals surface area (Å²) in [5.74, 6) is 0.461. The summed E-state index contributed by atoms with van der Waals surface area (Å²) in [7, 11) is 1.79. The van der Waals surface area contributed by atoms with E-state index in [2.05, 4.69) is 0 Å². The number of rotatable bonds is 5. The highest BCUT2D eigenvalue weighted by Gasteiger charge is 2.29. The Balaban J connectivity index is 2.01. The van der Waals surface area contributed by atoms with Crippen molar-refractivity contribution in [1.29, 1.82) is 0 Å². The van der Waals surface area contributed by atoms with E-state index in [0.29, 0.717) is 17.4 Å². The van der Waals surface area contributed by atoms with Crippen molar-refractivity contribution >= 4 is 12.2 Å². The number of carbonyl (C=O) groups is 2. The van der Waals surface area contributed by atoms with Crippen molar-refractivity contribution in [1.82, 2.24) is 4.90 Å². The summed E-state index contributed by atoms with van der Waals surface area (Å²) < 4.78 is 5.50. The molecule has 96 valence electrons. The van der Waals surface area contributed by atoms with Crippen molar-refractivity contribution in [2.75, 3.05) is 13.7 Å². The van der Waals surface area contributed by atoms with Crippen LogP contribution in [0.5, 0.6) is 5.75 Å². The van der Waals surface area contributed by atoms with E-state index in [1.807, 2.05) is 13.0 Å². The van der Waals surface area contributed by atoms with Gasteiger partial charge in [-0.3, -0.25) is 9.59 Å². The lowest BCUT2D eigenvalue weighted by atomic mass is 10.1. The summed E-state index contributed by atoms with van der Waals surface area (Å²) in [6.45, 7) is 1.84. The van der Waals surface area contributed by atoms with Gasteiger partial charge in [0, 0.05) is 13.1 Å². The first kappa shape index (κ1) is 12.6. The molecule has 4 heteroatoms. The maximum absolute atomic E-state index is 11.8. The van der Waals surface area contributed by atoms with Gasteiger partial charge >= 0.3 is 0 Å². The highest BCUT2D eigenvalue weighted by molar-refractivity contribution is 5.81. The predicted octanol–water partition coefficient (Wildman–Crippen LogP) is 1.81. The molecule has 1 amide bonds. The van der Waals surface area contributed by atoms with Gasteiger partial charge in [-0.2, -0.15) is 0 Å². The van der Waals surface area contributed by atoms with Crippen molar-refractivity contribution in [3.8, 4) is 5.75 Å². The van der Waals surface area contributed by atoms with E-state index in [9.17, 15) is 9.59 Å². The molecule has 1 saturated carbocycles. The van der Waals surface area contributed by atoms with Crippen LogP contribution in [0.3, 0.4) is 0 Å². The summed E-state index contributed by atoms with van der Waals surface area (Å²) in [5, 5.41) is 0. The molecular formula is C14H17NO3. The number of benzene rings is 1. The molecule has 18 heavy (non-hydrogen) atoms. The van der Waals surface area contributed by atoms with E-state index in [1.54, 1.807) is 24.1 Å². The fourth-order valence-electron chi connectivity index (χ4n) is 1.87. The summed E-state index contributed by atoms with van der Waals surface area (Å²) >= 11 is 0. The molecule has 0 N–H and O–H groups in total. The fraction of sp³-hybridized carbons (Fsp3) is 0.429. The minimum atomic E-state index is -0.0439. The number of carbonyl (C=O) groups excluding carboxylic acids is 2. The van der Waals surface area contributed by atoms with Gasteiger partial charge < -0.3 is 9.64 Å². The average Bonchev–Trinajstić information content (AvgIpc) is 3.20. The minimum absolute atomic E-state index is 0.0152. The average molecular weight is 247 g/mol. The van der Waals surface area contributed by atoms with Crippen LogP contribution in [0.1, 0.15) is 28.8 Å². The van der Waals surface area contributed by atoms with Crippen LogP contribution in [0.4, 0.5) is 0 Å². The second-order valence-corrected chi connectivity index (χ2v) is 4.64. The molecule has 0 heterocycles. The number of likely N-dealkylation sites (N-methyl/N-ethyl adjacent to an activating group) is 1. The SMILES string of the molecule is Cc1cccc(C=O)c1OCC(=O)N(C)C1CC1. The van der Waals surface area contributed by atoms with Gasteiger partial charge in [0.2, 0.25) is 0 Å². The van der Waals surface area contributed by atoms with Gasteiger partial charge in [0.1, 0.15) is 5.75 Å². The van der Waals surface area contributed by atoms with E-state index in [1.165, 1.54) is 0 Å². The normalized spacial score (nSPS) is 14.1. The maximum Gasteiger partial charge on any atom is 0.260 e. The molecule has 0 unspecified atom stereocenters. The van der Waals surface area contributed by atoms with Crippen LogP contribution < -0.4 is 4.74 Å². The smallest absolute Gasteiger partial charge is 0.260 e.